The lowest BCUT2D eigenvalue weighted by molar-refractivity contribution is -0.394. The van der Waals surface area contributed by atoms with Crippen molar-refractivity contribution in [2.75, 3.05) is 5.32 Å². The fourth-order valence-corrected chi connectivity index (χ4v) is 5.48. The van der Waals surface area contributed by atoms with Crippen molar-refractivity contribution in [1.82, 2.24) is 0 Å². The summed E-state index contributed by atoms with van der Waals surface area (Å²) in [5.41, 5.74) is -1.10. The van der Waals surface area contributed by atoms with Gasteiger partial charge in [0.2, 0.25) is 5.91 Å². The minimum absolute atomic E-state index is 0.133. The van der Waals surface area contributed by atoms with E-state index in [0.29, 0.717) is 24.2 Å². The van der Waals surface area contributed by atoms with Crippen LogP contribution >= 0.6 is 0 Å². The smallest absolute Gasteiger partial charge is 0.326 e. The predicted octanol–water partition coefficient (Wildman–Crippen LogP) is 5.18. The summed E-state index contributed by atoms with van der Waals surface area (Å²) >= 11 is 0. The molecule has 2 aromatic rings. The van der Waals surface area contributed by atoms with Crippen molar-refractivity contribution in [3.05, 3.63) is 73.8 Å². The lowest BCUT2D eigenvalue weighted by atomic mass is 9.64. The number of oxime groups is 1. The Kier molecular flexibility index (Phi) is 5.90. The highest BCUT2D eigenvalue weighted by atomic mass is 16.7. The monoisotopic (exact) mass is 494 g/mol. The molecule has 11 heteroatoms. The molecule has 0 radical (unpaired) electrons. The van der Waals surface area contributed by atoms with Crippen LogP contribution < -0.4 is 5.32 Å². The summed E-state index contributed by atoms with van der Waals surface area (Å²) in [7, 11) is 0. The number of rotatable bonds is 6. The molecule has 2 bridgehead atoms. The van der Waals surface area contributed by atoms with Crippen molar-refractivity contribution in [2.45, 2.75) is 47.0 Å². The molecule has 0 aliphatic heterocycles. The third-order valence-electron chi connectivity index (χ3n) is 8.28. The number of aryl methyl sites for hydroxylation is 1. The standard InChI is InChI=1S/C25H26N4O7/c1-15-5-7-17(8-6-15)26-22(31)25-10-9-24(4,23(25,2)3)20(14-25)27-36-21(30)16-11-18(28(32)33)13-19(12-16)29(34)35/h5-8,11-13H,9-10,14H2,1-4H3,(H,26,31). The first-order chi connectivity index (χ1) is 16.8. The highest BCUT2D eigenvalue weighted by molar-refractivity contribution is 6.06. The molecule has 2 aliphatic rings. The number of hydrogen-bond donors (Lipinski definition) is 1. The van der Waals surface area contributed by atoms with Gasteiger partial charge in [0.25, 0.3) is 11.4 Å². The average Bonchev–Trinajstić information content (AvgIpc) is 3.14. The van der Waals surface area contributed by atoms with E-state index in [0.717, 1.165) is 23.8 Å². The van der Waals surface area contributed by atoms with Gasteiger partial charge in [-0.2, -0.15) is 0 Å². The van der Waals surface area contributed by atoms with Gasteiger partial charge in [-0.25, -0.2) is 4.79 Å². The maximum Gasteiger partial charge on any atom is 0.366 e. The molecule has 2 aliphatic carbocycles. The van der Waals surface area contributed by atoms with Crippen LogP contribution in [0.4, 0.5) is 17.1 Å². The summed E-state index contributed by atoms with van der Waals surface area (Å²) in [6.45, 7) is 7.94. The molecule has 188 valence electrons. The van der Waals surface area contributed by atoms with Crippen LogP contribution in [0.15, 0.2) is 47.6 Å². The topological polar surface area (TPSA) is 154 Å². The molecule has 1 N–H and O–H groups in total. The van der Waals surface area contributed by atoms with Crippen LogP contribution in [0.2, 0.25) is 0 Å². The van der Waals surface area contributed by atoms with Gasteiger partial charge in [0.15, 0.2) is 0 Å². The van der Waals surface area contributed by atoms with Crippen LogP contribution in [0.5, 0.6) is 0 Å². The normalized spacial score (nSPS) is 24.9. The van der Waals surface area contributed by atoms with Crippen molar-refractivity contribution in [3.63, 3.8) is 0 Å². The van der Waals surface area contributed by atoms with Gasteiger partial charge in [-0.15, -0.1) is 0 Å². The molecule has 2 fully saturated rings. The number of non-ortho nitro benzene ring substituents is 2. The third kappa shape index (κ3) is 3.80. The van der Waals surface area contributed by atoms with Gasteiger partial charge in [0, 0.05) is 29.7 Å². The van der Waals surface area contributed by atoms with Gasteiger partial charge in [-0.1, -0.05) is 43.6 Å². The highest BCUT2D eigenvalue weighted by Gasteiger charge is 2.71. The van der Waals surface area contributed by atoms with Crippen LogP contribution in [0.25, 0.3) is 0 Å². The van der Waals surface area contributed by atoms with Crippen LogP contribution in [-0.2, 0) is 9.63 Å². The summed E-state index contributed by atoms with van der Waals surface area (Å²) in [4.78, 5) is 51.9. The van der Waals surface area contributed by atoms with E-state index < -0.39 is 43.4 Å². The molecular weight excluding hydrogens is 468 g/mol. The minimum Gasteiger partial charge on any atom is -0.326 e. The second-order valence-corrected chi connectivity index (χ2v) is 10.2. The maximum absolute atomic E-state index is 13.5. The van der Waals surface area contributed by atoms with Gasteiger partial charge in [0.1, 0.15) is 0 Å². The number of nitro benzene ring substituents is 2. The third-order valence-corrected chi connectivity index (χ3v) is 8.28. The fraction of sp³-hybridized carbons (Fsp3) is 0.400. The molecule has 2 saturated carbocycles. The van der Waals surface area contributed by atoms with E-state index in [4.69, 9.17) is 4.84 Å². The zero-order chi connectivity index (χ0) is 26.5. The lowest BCUT2D eigenvalue weighted by Crippen LogP contribution is -2.43. The number of hydrogen-bond acceptors (Lipinski definition) is 8. The second kappa shape index (κ2) is 8.51. The number of amides is 1. The van der Waals surface area contributed by atoms with E-state index in [1.54, 1.807) is 0 Å². The van der Waals surface area contributed by atoms with E-state index in [2.05, 4.69) is 10.5 Å². The summed E-state index contributed by atoms with van der Waals surface area (Å²) in [5, 5.41) is 29.4. The van der Waals surface area contributed by atoms with E-state index in [9.17, 15) is 29.8 Å². The molecule has 0 spiro atoms. The summed E-state index contributed by atoms with van der Waals surface area (Å²) in [6.07, 6.45) is 1.56. The van der Waals surface area contributed by atoms with Crippen LogP contribution in [0.1, 0.15) is 56.0 Å². The van der Waals surface area contributed by atoms with Crippen molar-refractivity contribution in [2.24, 2.45) is 21.4 Å². The van der Waals surface area contributed by atoms with Crippen LogP contribution in [0, 0.1) is 43.4 Å². The quantitative estimate of drug-likeness (QED) is 0.330. The Bertz CT molecular complexity index is 1290. The first kappa shape index (κ1) is 25.0. The van der Waals surface area contributed by atoms with Gasteiger partial charge in [0.05, 0.1) is 32.6 Å². The predicted molar refractivity (Wildman–Crippen MR) is 131 cm³/mol. The van der Waals surface area contributed by atoms with E-state index >= 15 is 0 Å². The number of carbonyl (C=O) groups excluding carboxylic acids is 2. The van der Waals surface area contributed by atoms with Gasteiger partial charge < -0.3 is 10.2 Å². The lowest BCUT2D eigenvalue weighted by Gasteiger charge is -2.39. The van der Waals surface area contributed by atoms with Crippen molar-refractivity contribution in [3.8, 4) is 0 Å². The van der Waals surface area contributed by atoms with E-state index in [-0.39, 0.29) is 17.9 Å². The molecule has 4 rings (SSSR count). The van der Waals surface area contributed by atoms with Crippen LogP contribution in [-0.4, -0.2) is 27.4 Å². The molecule has 0 heterocycles. The molecule has 1 amide bonds. The van der Waals surface area contributed by atoms with E-state index in [1.165, 1.54) is 0 Å². The Morgan fingerprint density at radius 2 is 1.56 bits per heavy atom. The zero-order valence-corrected chi connectivity index (χ0v) is 20.4. The Hall–Kier alpha value is -4.15. The number of benzene rings is 2. The number of nitrogens with one attached hydrogen (secondary N) is 1. The Morgan fingerprint density at radius 3 is 2.11 bits per heavy atom. The Morgan fingerprint density at radius 1 is 0.972 bits per heavy atom. The van der Waals surface area contributed by atoms with Gasteiger partial charge in [-0.05, 0) is 37.3 Å². The molecule has 36 heavy (non-hydrogen) atoms. The number of anilines is 1. The Balaban J connectivity index is 1.60. The molecule has 2 atom stereocenters. The molecular formula is C25H26N4O7. The largest absolute Gasteiger partial charge is 0.366 e. The maximum atomic E-state index is 13.5. The minimum atomic E-state index is -1.06. The number of nitro groups is 2. The molecule has 0 saturated heterocycles. The molecule has 2 unspecified atom stereocenters. The first-order valence-corrected chi connectivity index (χ1v) is 11.4. The van der Waals surface area contributed by atoms with Crippen molar-refractivity contribution < 1.29 is 24.3 Å². The number of nitrogens with zero attached hydrogens (tertiary/aromatic N) is 3. The van der Waals surface area contributed by atoms with Gasteiger partial charge >= 0.3 is 5.97 Å². The second-order valence-electron chi connectivity index (χ2n) is 10.2. The fourth-order valence-electron chi connectivity index (χ4n) is 5.48. The summed E-state index contributed by atoms with van der Waals surface area (Å²) in [6, 6.07) is 10.1. The highest BCUT2D eigenvalue weighted by Crippen LogP contribution is 2.71. The number of carbonyl (C=O) groups is 2. The number of fused-ring (bicyclic) bond motifs is 2. The van der Waals surface area contributed by atoms with Crippen LogP contribution in [0.3, 0.4) is 0 Å². The zero-order valence-electron chi connectivity index (χ0n) is 20.4. The Labute approximate surface area is 206 Å². The first-order valence-electron chi connectivity index (χ1n) is 11.4. The molecule has 0 aromatic heterocycles. The molecule has 11 nitrogen and oxygen atoms in total. The summed E-state index contributed by atoms with van der Waals surface area (Å²) < 4.78 is 0. The van der Waals surface area contributed by atoms with Crippen molar-refractivity contribution in [1.29, 1.82) is 0 Å². The average molecular weight is 495 g/mol. The van der Waals surface area contributed by atoms with Gasteiger partial charge in [-0.3, -0.25) is 25.0 Å². The summed E-state index contributed by atoms with van der Waals surface area (Å²) in [5.74, 6) is -1.19. The SMILES string of the molecule is Cc1ccc(NC(=O)C23CCC(C)(C(=NOC(=O)c4cc([N+](=O)[O-])cc([N+](=O)[O-])c4)C2)C3(C)C)cc1. The van der Waals surface area contributed by atoms with Crippen molar-refractivity contribution >= 4 is 34.7 Å². The molecule has 2 aromatic carbocycles. The van der Waals surface area contributed by atoms with E-state index in [1.807, 2.05) is 52.0 Å².